The molecular formula is C25H35NO10. The monoisotopic (exact) mass is 509 g/mol. The number of carbonyl (C=O) groups excluding carboxylic acids is 3. The van der Waals surface area contributed by atoms with Crippen LogP contribution in [0.5, 0.6) is 5.75 Å². The van der Waals surface area contributed by atoms with Crippen LogP contribution < -0.4 is 4.74 Å². The van der Waals surface area contributed by atoms with E-state index >= 15 is 0 Å². The van der Waals surface area contributed by atoms with Crippen molar-refractivity contribution in [1.29, 1.82) is 0 Å². The Bertz CT molecular complexity index is 766. The molecular weight excluding hydrogens is 474 g/mol. The largest absolute Gasteiger partial charge is 0.491 e. The Morgan fingerprint density at radius 3 is 1.36 bits per heavy atom. The first kappa shape index (κ1) is 29.6. The van der Waals surface area contributed by atoms with Gasteiger partial charge in [-0.1, -0.05) is 0 Å². The lowest BCUT2D eigenvalue weighted by Gasteiger charge is -2.13. The Hall–Kier alpha value is -2.67. The zero-order valence-corrected chi connectivity index (χ0v) is 20.5. The molecule has 0 saturated heterocycles. The number of imide groups is 1. The van der Waals surface area contributed by atoms with Crippen LogP contribution in [0.15, 0.2) is 36.4 Å². The molecule has 2 amide bonds. The number of hydrogen-bond acceptors (Lipinski definition) is 10. The van der Waals surface area contributed by atoms with Crippen LogP contribution in [0.4, 0.5) is 0 Å². The zero-order chi connectivity index (χ0) is 25.7. The van der Waals surface area contributed by atoms with Crippen LogP contribution in [0.25, 0.3) is 0 Å². The number of aldehydes is 1. The molecule has 0 fully saturated rings. The lowest BCUT2D eigenvalue weighted by atomic mass is 10.2. The summed E-state index contributed by atoms with van der Waals surface area (Å²) >= 11 is 0. The van der Waals surface area contributed by atoms with E-state index in [-0.39, 0.29) is 25.0 Å². The fraction of sp³-hybridized carbons (Fsp3) is 0.560. The molecule has 1 aromatic rings. The number of ether oxygens (including phenoxy) is 7. The highest BCUT2D eigenvalue weighted by Crippen LogP contribution is 2.10. The minimum absolute atomic E-state index is 0.239. The van der Waals surface area contributed by atoms with E-state index in [0.29, 0.717) is 90.6 Å². The summed E-state index contributed by atoms with van der Waals surface area (Å²) in [6.07, 6.45) is 3.29. The van der Waals surface area contributed by atoms with Crippen LogP contribution in [0.2, 0.25) is 0 Å². The predicted molar refractivity (Wildman–Crippen MR) is 128 cm³/mol. The number of benzene rings is 1. The van der Waals surface area contributed by atoms with Crippen LogP contribution in [-0.2, 0) is 38.0 Å². The van der Waals surface area contributed by atoms with Crippen LogP contribution in [0, 0.1) is 0 Å². The van der Waals surface area contributed by atoms with Crippen molar-refractivity contribution in [1.82, 2.24) is 4.90 Å². The number of amides is 2. The Labute approximate surface area is 211 Å². The first-order valence-electron chi connectivity index (χ1n) is 11.9. The van der Waals surface area contributed by atoms with Gasteiger partial charge in [-0.15, -0.1) is 0 Å². The molecule has 0 radical (unpaired) electrons. The SMILES string of the molecule is O=Cc1ccc(OCCOCCOCCOCCOCCOCCOCCN2C(=O)C=CC2=O)cc1. The fourth-order valence-corrected chi connectivity index (χ4v) is 2.87. The standard InChI is InChI=1S/C25H35NO10/c27-21-22-1-3-23(4-2-22)36-20-19-35-18-17-34-16-15-33-14-13-32-12-11-31-10-9-30-8-7-26-24(28)5-6-25(26)29/h1-6,21H,7-20H2. The van der Waals surface area contributed by atoms with Gasteiger partial charge in [0.15, 0.2) is 0 Å². The van der Waals surface area contributed by atoms with Gasteiger partial charge in [0.1, 0.15) is 18.6 Å². The maximum absolute atomic E-state index is 11.4. The van der Waals surface area contributed by atoms with Gasteiger partial charge in [0, 0.05) is 17.7 Å². The third-order valence-corrected chi connectivity index (χ3v) is 4.73. The molecule has 0 atom stereocenters. The Morgan fingerprint density at radius 1 is 0.556 bits per heavy atom. The van der Waals surface area contributed by atoms with E-state index in [0.717, 1.165) is 11.2 Å². The van der Waals surface area contributed by atoms with Crippen molar-refractivity contribution in [3.05, 3.63) is 42.0 Å². The molecule has 1 aromatic carbocycles. The van der Waals surface area contributed by atoms with Crippen molar-refractivity contribution < 1.29 is 47.5 Å². The van der Waals surface area contributed by atoms with Crippen molar-refractivity contribution >= 4 is 18.1 Å². The number of hydrogen-bond donors (Lipinski definition) is 0. The van der Waals surface area contributed by atoms with Crippen molar-refractivity contribution in [3.8, 4) is 5.75 Å². The summed E-state index contributed by atoms with van der Waals surface area (Å²) in [5.41, 5.74) is 0.612. The molecule has 2 rings (SSSR count). The van der Waals surface area contributed by atoms with E-state index in [1.165, 1.54) is 12.2 Å². The third-order valence-electron chi connectivity index (χ3n) is 4.73. The highest BCUT2D eigenvalue weighted by molar-refractivity contribution is 6.12. The number of nitrogens with zero attached hydrogens (tertiary/aromatic N) is 1. The summed E-state index contributed by atoms with van der Waals surface area (Å²) in [5, 5.41) is 0. The van der Waals surface area contributed by atoms with Gasteiger partial charge in [-0.2, -0.15) is 0 Å². The Balaban J connectivity index is 1.22. The van der Waals surface area contributed by atoms with E-state index in [9.17, 15) is 14.4 Å². The topological polar surface area (TPSA) is 119 Å². The predicted octanol–water partition coefficient (Wildman–Crippen LogP) is 0.903. The van der Waals surface area contributed by atoms with Crippen molar-refractivity contribution in [3.63, 3.8) is 0 Å². The molecule has 0 bridgehead atoms. The molecule has 11 nitrogen and oxygen atoms in total. The number of carbonyl (C=O) groups is 3. The van der Waals surface area contributed by atoms with Gasteiger partial charge < -0.3 is 33.2 Å². The lowest BCUT2D eigenvalue weighted by Crippen LogP contribution is -2.33. The first-order valence-corrected chi connectivity index (χ1v) is 11.9. The third kappa shape index (κ3) is 13.4. The van der Waals surface area contributed by atoms with Crippen LogP contribution in [-0.4, -0.2) is 115 Å². The normalized spacial score (nSPS) is 13.1. The molecule has 1 aliphatic heterocycles. The molecule has 0 spiro atoms. The van der Waals surface area contributed by atoms with E-state index in [1.54, 1.807) is 24.3 Å². The first-order chi connectivity index (χ1) is 17.7. The Morgan fingerprint density at radius 2 is 0.944 bits per heavy atom. The minimum atomic E-state index is -0.307. The van der Waals surface area contributed by atoms with Gasteiger partial charge in [-0.05, 0) is 24.3 Å². The smallest absolute Gasteiger partial charge is 0.253 e. The summed E-state index contributed by atoms with van der Waals surface area (Å²) in [4.78, 5) is 34.5. The van der Waals surface area contributed by atoms with Crippen LogP contribution in [0.3, 0.4) is 0 Å². The van der Waals surface area contributed by atoms with E-state index in [2.05, 4.69) is 0 Å². The number of rotatable bonds is 23. The van der Waals surface area contributed by atoms with Gasteiger partial charge >= 0.3 is 0 Å². The van der Waals surface area contributed by atoms with E-state index < -0.39 is 0 Å². The molecule has 0 N–H and O–H groups in total. The lowest BCUT2D eigenvalue weighted by molar-refractivity contribution is -0.137. The summed E-state index contributed by atoms with van der Waals surface area (Å²) < 4.78 is 37.9. The summed E-state index contributed by atoms with van der Waals surface area (Å²) in [7, 11) is 0. The molecule has 0 aliphatic carbocycles. The van der Waals surface area contributed by atoms with E-state index in [1.807, 2.05) is 0 Å². The van der Waals surface area contributed by atoms with Crippen molar-refractivity contribution in [2.24, 2.45) is 0 Å². The van der Waals surface area contributed by atoms with Gasteiger partial charge in [-0.3, -0.25) is 19.3 Å². The quantitative estimate of drug-likeness (QED) is 0.120. The van der Waals surface area contributed by atoms with Gasteiger partial charge in [0.2, 0.25) is 0 Å². The highest BCUT2D eigenvalue weighted by atomic mass is 16.6. The van der Waals surface area contributed by atoms with Crippen LogP contribution >= 0.6 is 0 Å². The van der Waals surface area contributed by atoms with Gasteiger partial charge in [-0.25, -0.2) is 0 Å². The minimum Gasteiger partial charge on any atom is -0.491 e. The Kier molecular flexibility index (Phi) is 16.0. The summed E-state index contributed by atoms with van der Waals surface area (Å²) in [6.45, 7) is 5.89. The second-order valence-electron chi connectivity index (χ2n) is 7.37. The van der Waals surface area contributed by atoms with Gasteiger partial charge in [0.05, 0.1) is 85.8 Å². The molecule has 0 aromatic heterocycles. The molecule has 11 heteroatoms. The zero-order valence-electron chi connectivity index (χ0n) is 20.5. The second-order valence-corrected chi connectivity index (χ2v) is 7.37. The molecule has 36 heavy (non-hydrogen) atoms. The highest BCUT2D eigenvalue weighted by Gasteiger charge is 2.22. The van der Waals surface area contributed by atoms with E-state index in [4.69, 9.17) is 33.2 Å². The molecule has 1 aliphatic rings. The van der Waals surface area contributed by atoms with Gasteiger partial charge in [0.25, 0.3) is 11.8 Å². The molecule has 0 unspecified atom stereocenters. The maximum atomic E-state index is 11.4. The van der Waals surface area contributed by atoms with Crippen molar-refractivity contribution in [2.45, 2.75) is 0 Å². The van der Waals surface area contributed by atoms with Crippen LogP contribution in [0.1, 0.15) is 10.4 Å². The maximum Gasteiger partial charge on any atom is 0.253 e. The summed E-state index contributed by atoms with van der Waals surface area (Å²) in [5.74, 6) is 0.0809. The summed E-state index contributed by atoms with van der Waals surface area (Å²) in [6, 6.07) is 6.90. The molecule has 1 heterocycles. The average Bonchev–Trinajstić information content (AvgIpc) is 3.22. The van der Waals surface area contributed by atoms with Crippen molar-refractivity contribution in [2.75, 3.05) is 92.4 Å². The second kappa shape index (κ2) is 19.5. The molecule has 0 saturated carbocycles. The fourth-order valence-electron chi connectivity index (χ4n) is 2.87. The molecule has 200 valence electrons. The average molecular weight is 510 g/mol.